The summed E-state index contributed by atoms with van der Waals surface area (Å²) < 4.78 is 0. The van der Waals surface area contributed by atoms with Gasteiger partial charge in [0, 0.05) is 25.6 Å². The molecular weight excluding hydrogens is 290 g/mol. The minimum absolute atomic E-state index is 0.427. The molecule has 2 aliphatic rings. The zero-order chi connectivity index (χ0) is 16.6. The summed E-state index contributed by atoms with van der Waals surface area (Å²) in [5.74, 6) is 0.676. The highest BCUT2D eigenvalue weighted by atomic mass is 15.2. The van der Waals surface area contributed by atoms with Crippen LogP contribution in [0.3, 0.4) is 0 Å². The van der Waals surface area contributed by atoms with Gasteiger partial charge in [0.1, 0.15) is 0 Å². The summed E-state index contributed by atoms with van der Waals surface area (Å²) in [6, 6.07) is 17.8. The first-order valence-electron chi connectivity index (χ1n) is 9.20. The summed E-state index contributed by atoms with van der Waals surface area (Å²) in [7, 11) is 0. The first kappa shape index (κ1) is 15.7. The molecule has 1 saturated heterocycles. The van der Waals surface area contributed by atoms with E-state index in [1.807, 2.05) is 0 Å². The van der Waals surface area contributed by atoms with E-state index in [2.05, 4.69) is 79.4 Å². The molecule has 1 heteroatoms. The van der Waals surface area contributed by atoms with Crippen molar-refractivity contribution in [3.63, 3.8) is 0 Å². The molecule has 2 aromatic carbocycles. The molecule has 0 spiro atoms. The molecule has 0 unspecified atom stereocenters. The molecule has 1 fully saturated rings. The van der Waals surface area contributed by atoms with Gasteiger partial charge < -0.3 is 0 Å². The molecule has 1 aliphatic heterocycles. The highest BCUT2D eigenvalue weighted by Gasteiger charge is 2.46. The minimum atomic E-state index is 0.427. The van der Waals surface area contributed by atoms with Gasteiger partial charge in [-0.3, -0.25) is 4.90 Å². The topological polar surface area (TPSA) is 3.24 Å². The lowest BCUT2D eigenvalue weighted by Gasteiger charge is -2.37. The predicted molar refractivity (Wildman–Crippen MR) is 102 cm³/mol. The number of hydrogen-bond acceptors (Lipinski definition) is 1. The van der Waals surface area contributed by atoms with E-state index >= 15 is 0 Å². The van der Waals surface area contributed by atoms with Crippen molar-refractivity contribution >= 4 is 6.08 Å². The molecule has 0 aromatic heterocycles. The molecule has 1 aliphatic carbocycles. The third kappa shape index (κ3) is 2.71. The summed E-state index contributed by atoms with van der Waals surface area (Å²) in [5.41, 5.74) is 6.49. The van der Waals surface area contributed by atoms with E-state index in [1.54, 1.807) is 11.1 Å². The van der Waals surface area contributed by atoms with Crippen LogP contribution in [0, 0.1) is 5.41 Å². The van der Waals surface area contributed by atoms with Crippen molar-refractivity contribution in [2.45, 2.75) is 39.2 Å². The van der Waals surface area contributed by atoms with Gasteiger partial charge in [-0.2, -0.15) is 0 Å². The van der Waals surface area contributed by atoms with E-state index in [0.717, 1.165) is 6.54 Å². The van der Waals surface area contributed by atoms with E-state index in [-0.39, 0.29) is 0 Å². The summed E-state index contributed by atoms with van der Waals surface area (Å²) in [4.78, 5) is 2.66. The molecular formula is C23H27N. The smallest absolute Gasteiger partial charge is 0.0234 e. The average molecular weight is 317 g/mol. The number of hydrogen-bond donors (Lipinski definition) is 0. The molecule has 4 rings (SSSR count). The highest BCUT2D eigenvalue weighted by Crippen LogP contribution is 2.51. The van der Waals surface area contributed by atoms with Crippen LogP contribution in [0.25, 0.3) is 6.08 Å². The largest absolute Gasteiger partial charge is 0.298 e. The van der Waals surface area contributed by atoms with Crippen LogP contribution in [-0.4, -0.2) is 18.0 Å². The Labute approximate surface area is 146 Å². The van der Waals surface area contributed by atoms with E-state index in [0.29, 0.717) is 11.3 Å². The van der Waals surface area contributed by atoms with Crippen molar-refractivity contribution in [2.75, 3.05) is 13.1 Å². The summed E-state index contributed by atoms with van der Waals surface area (Å²) >= 11 is 0. The van der Waals surface area contributed by atoms with Crippen LogP contribution in [0.15, 0.2) is 54.6 Å². The second kappa shape index (κ2) is 6.22. The number of allylic oxidation sites excluding steroid dienone is 1. The number of fused-ring (bicyclic) bond motifs is 3. The van der Waals surface area contributed by atoms with Crippen molar-refractivity contribution in [3.05, 3.63) is 76.9 Å². The highest BCUT2D eigenvalue weighted by molar-refractivity contribution is 5.57. The van der Waals surface area contributed by atoms with Gasteiger partial charge in [0.05, 0.1) is 0 Å². The van der Waals surface area contributed by atoms with E-state index in [1.165, 1.54) is 37.1 Å². The molecule has 0 radical (unpaired) electrons. The number of rotatable bonds is 3. The molecule has 124 valence electrons. The lowest BCUT2D eigenvalue weighted by atomic mass is 9.66. The molecule has 0 bridgehead atoms. The predicted octanol–water partition coefficient (Wildman–Crippen LogP) is 5.27. The van der Waals surface area contributed by atoms with Crippen molar-refractivity contribution in [1.29, 1.82) is 0 Å². The molecule has 0 saturated carbocycles. The average Bonchev–Trinajstić information content (AvgIpc) is 2.93. The Bertz CT molecular complexity index is 746. The maximum Gasteiger partial charge on any atom is 0.0234 e. The molecule has 0 amide bonds. The van der Waals surface area contributed by atoms with E-state index in [9.17, 15) is 0 Å². The molecule has 1 heterocycles. The Balaban J connectivity index is 1.62. The second-order valence-corrected chi connectivity index (χ2v) is 7.78. The van der Waals surface area contributed by atoms with E-state index in [4.69, 9.17) is 0 Å². The Morgan fingerprint density at radius 2 is 1.96 bits per heavy atom. The van der Waals surface area contributed by atoms with Gasteiger partial charge in [-0.05, 0) is 47.4 Å². The lowest BCUT2D eigenvalue weighted by Crippen LogP contribution is -2.31. The Hall–Kier alpha value is -1.86. The van der Waals surface area contributed by atoms with Crippen molar-refractivity contribution in [2.24, 2.45) is 5.41 Å². The molecule has 1 nitrogen and oxygen atoms in total. The second-order valence-electron chi connectivity index (χ2n) is 7.78. The maximum atomic E-state index is 2.66. The van der Waals surface area contributed by atoms with Gasteiger partial charge in [0.2, 0.25) is 0 Å². The van der Waals surface area contributed by atoms with Crippen LogP contribution >= 0.6 is 0 Å². The third-order valence-electron chi connectivity index (χ3n) is 6.03. The van der Waals surface area contributed by atoms with Gasteiger partial charge in [-0.25, -0.2) is 0 Å². The molecule has 2 aromatic rings. The fourth-order valence-electron chi connectivity index (χ4n) is 4.84. The Kier molecular flexibility index (Phi) is 4.05. The van der Waals surface area contributed by atoms with Crippen LogP contribution in [0.1, 0.15) is 48.4 Å². The zero-order valence-corrected chi connectivity index (χ0v) is 14.8. The molecule has 0 N–H and O–H groups in total. The summed E-state index contributed by atoms with van der Waals surface area (Å²) in [6.45, 7) is 8.12. The van der Waals surface area contributed by atoms with Crippen LogP contribution in [0.4, 0.5) is 0 Å². The monoisotopic (exact) mass is 317 g/mol. The van der Waals surface area contributed by atoms with Gasteiger partial charge in [-0.15, -0.1) is 0 Å². The van der Waals surface area contributed by atoms with Gasteiger partial charge in [0.15, 0.2) is 0 Å². The first-order chi connectivity index (χ1) is 11.7. The van der Waals surface area contributed by atoms with Crippen LogP contribution in [-0.2, 0) is 13.0 Å². The number of nitrogens with zero attached hydrogens (tertiary/aromatic N) is 1. The van der Waals surface area contributed by atoms with Gasteiger partial charge in [0.25, 0.3) is 0 Å². The van der Waals surface area contributed by atoms with Crippen LogP contribution < -0.4 is 0 Å². The summed E-state index contributed by atoms with van der Waals surface area (Å²) in [5, 5.41) is 0. The first-order valence-corrected chi connectivity index (χ1v) is 9.20. The molecule has 24 heavy (non-hydrogen) atoms. The minimum Gasteiger partial charge on any atom is -0.298 e. The quantitative estimate of drug-likeness (QED) is 0.745. The Morgan fingerprint density at radius 3 is 2.75 bits per heavy atom. The third-order valence-corrected chi connectivity index (χ3v) is 6.03. The standard InChI is InChI=1S/C23H27N/c1-3-8-19-11-7-12-21-20(19)13-14-23(2)17-24(16-22(21)23)15-18-9-5-4-6-10-18/h3-12,22H,13-17H2,1-2H3/b8-3-/t22-,23-/m1/s1. The fraction of sp³-hybridized carbons (Fsp3) is 0.391. The number of likely N-dealkylation sites (tertiary alicyclic amines) is 1. The zero-order valence-electron chi connectivity index (χ0n) is 14.8. The SMILES string of the molecule is C/C=C\c1cccc2c1CC[C@]1(C)CN(Cc3ccccc3)C[C@H]21. The van der Waals surface area contributed by atoms with Crippen LogP contribution in [0.5, 0.6) is 0 Å². The normalized spacial score (nSPS) is 26.5. The number of benzene rings is 2. The lowest BCUT2D eigenvalue weighted by molar-refractivity contribution is 0.240. The fourth-order valence-corrected chi connectivity index (χ4v) is 4.84. The van der Waals surface area contributed by atoms with Crippen molar-refractivity contribution in [1.82, 2.24) is 4.90 Å². The van der Waals surface area contributed by atoms with E-state index < -0.39 is 0 Å². The van der Waals surface area contributed by atoms with Crippen LogP contribution in [0.2, 0.25) is 0 Å². The maximum absolute atomic E-state index is 2.66. The van der Waals surface area contributed by atoms with Gasteiger partial charge in [-0.1, -0.05) is 67.6 Å². The van der Waals surface area contributed by atoms with Crippen molar-refractivity contribution < 1.29 is 0 Å². The van der Waals surface area contributed by atoms with Crippen molar-refractivity contribution in [3.8, 4) is 0 Å². The Morgan fingerprint density at radius 1 is 1.12 bits per heavy atom. The summed E-state index contributed by atoms with van der Waals surface area (Å²) in [6.07, 6.45) is 6.98. The van der Waals surface area contributed by atoms with Gasteiger partial charge >= 0.3 is 0 Å². The molecule has 2 atom stereocenters.